The highest BCUT2D eigenvalue weighted by Gasteiger charge is 2.31. The third kappa shape index (κ3) is 7.09. The molecule has 21 heavy (non-hydrogen) atoms. The Kier molecular flexibility index (Phi) is 6.87. The number of ketones is 1. The van der Waals surface area contributed by atoms with Crippen LogP contribution in [0.25, 0.3) is 0 Å². The standard InChI is InChI=1S/C15H19BrF3NO/c1-11(2)20(10-15(17,18)19)9-3-4-14(21)12-5-7-13(16)8-6-12/h5-8,11H,3-4,9-10H2,1-2H3. The summed E-state index contributed by atoms with van der Waals surface area (Å²) in [7, 11) is 0. The van der Waals surface area contributed by atoms with Gasteiger partial charge < -0.3 is 0 Å². The van der Waals surface area contributed by atoms with Crippen molar-refractivity contribution in [2.24, 2.45) is 0 Å². The molecule has 0 aliphatic heterocycles. The Labute approximate surface area is 131 Å². The maximum atomic E-state index is 12.4. The second-order valence-electron chi connectivity index (χ2n) is 5.21. The van der Waals surface area contributed by atoms with E-state index in [0.717, 1.165) is 4.47 Å². The first-order valence-corrected chi connectivity index (χ1v) is 7.58. The van der Waals surface area contributed by atoms with E-state index in [1.165, 1.54) is 4.90 Å². The second kappa shape index (κ2) is 7.94. The van der Waals surface area contributed by atoms with Crippen molar-refractivity contribution in [3.63, 3.8) is 0 Å². The zero-order valence-corrected chi connectivity index (χ0v) is 13.7. The highest BCUT2D eigenvalue weighted by atomic mass is 79.9. The van der Waals surface area contributed by atoms with Gasteiger partial charge in [-0.3, -0.25) is 9.69 Å². The Morgan fingerprint density at radius 2 is 1.81 bits per heavy atom. The van der Waals surface area contributed by atoms with Crippen molar-refractivity contribution in [3.8, 4) is 0 Å². The molecule has 0 spiro atoms. The van der Waals surface area contributed by atoms with Crippen LogP contribution in [0.4, 0.5) is 13.2 Å². The van der Waals surface area contributed by atoms with E-state index in [0.29, 0.717) is 12.0 Å². The fraction of sp³-hybridized carbons (Fsp3) is 0.533. The molecule has 0 heterocycles. The van der Waals surface area contributed by atoms with Gasteiger partial charge in [0.25, 0.3) is 0 Å². The lowest BCUT2D eigenvalue weighted by Crippen LogP contribution is -2.39. The van der Waals surface area contributed by atoms with Crippen LogP contribution in [0.2, 0.25) is 0 Å². The van der Waals surface area contributed by atoms with Crippen molar-refractivity contribution in [1.29, 1.82) is 0 Å². The van der Waals surface area contributed by atoms with Crippen molar-refractivity contribution in [2.75, 3.05) is 13.1 Å². The quantitative estimate of drug-likeness (QED) is 0.653. The molecule has 0 aliphatic rings. The first kappa shape index (κ1) is 18.2. The third-order valence-electron chi connectivity index (χ3n) is 3.13. The Balaban J connectivity index is 2.46. The summed E-state index contributed by atoms with van der Waals surface area (Å²) < 4.78 is 38.2. The van der Waals surface area contributed by atoms with Gasteiger partial charge in [0.15, 0.2) is 5.78 Å². The van der Waals surface area contributed by atoms with Crippen LogP contribution in [-0.4, -0.2) is 36.0 Å². The van der Waals surface area contributed by atoms with Crippen LogP contribution >= 0.6 is 15.9 Å². The minimum absolute atomic E-state index is 0.0433. The predicted octanol–water partition coefficient (Wildman–Crippen LogP) is 4.68. The molecule has 0 fully saturated rings. The lowest BCUT2D eigenvalue weighted by Gasteiger charge is -2.27. The number of benzene rings is 1. The van der Waals surface area contributed by atoms with E-state index >= 15 is 0 Å². The Morgan fingerprint density at radius 3 is 2.29 bits per heavy atom. The molecule has 6 heteroatoms. The first-order valence-electron chi connectivity index (χ1n) is 6.78. The van der Waals surface area contributed by atoms with Gasteiger partial charge in [-0.1, -0.05) is 28.1 Å². The molecule has 0 N–H and O–H groups in total. The van der Waals surface area contributed by atoms with Gasteiger partial charge in [-0.25, -0.2) is 0 Å². The lowest BCUT2D eigenvalue weighted by atomic mass is 10.1. The maximum absolute atomic E-state index is 12.4. The molecule has 0 amide bonds. The number of rotatable bonds is 7. The van der Waals surface area contributed by atoms with Crippen molar-refractivity contribution < 1.29 is 18.0 Å². The predicted molar refractivity (Wildman–Crippen MR) is 80.5 cm³/mol. The van der Waals surface area contributed by atoms with E-state index in [-0.39, 0.29) is 24.8 Å². The van der Waals surface area contributed by atoms with Gasteiger partial charge in [-0.15, -0.1) is 0 Å². The SMILES string of the molecule is CC(C)N(CCCC(=O)c1ccc(Br)cc1)CC(F)(F)F. The summed E-state index contributed by atoms with van der Waals surface area (Å²) in [5, 5.41) is 0. The average Bonchev–Trinajstić information content (AvgIpc) is 2.36. The van der Waals surface area contributed by atoms with Gasteiger partial charge in [0.2, 0.25) is 0 Å². The molecule has 0 bridgehead atoms. The van der Waals surface area contributed by atoms with Crippen molar-refractivity contribution in [3.05, 3.63) is 34.3 Å². The molecule has 118 valence electrons. The molecule has 0 radical (unpaired) electrons. The number of nitrogens with zero attached hydrogens (tertiary/aromatic N) is 1. The monoisotopic (exact) mass is 365 g/mol. The van der Waals surface area contributed by atoms with Gasteiger partial charge in [-0.2, -0.15) is 13.2 Å². The largest absolute Gasteiger partial charge is 0.401 e. The van der Waals surface area contributed by atoms with E-state index in [2.05, 4.69) is 15.9 Å². The molecule has 1 aromatic carbocycles. The molecular formula is C15H19BrF3NO. The van der Waals surface area contributed by atoms with E-state index in [9.17, 15) is 18.0 Å². The van der Waals surface area contributed by atoms with E-state index < -0.39 is 12.7 Å². The number of alkyl halides is 3. The highest BCUT2D eigenvalue weighted by Crippen LogP contribution is 2.19. The summed E-state index contributed by atoms with van der Waals surface area (Å²) in [6.45, 7) is 2.78. The van der Waals surface area contributed by atoms with Crippen LogP contribution in [0.15, 0.2) is 28.7 Å². The number of carbonyl (C=O) groups excluding carboxylic acids is 1. The molecule has 0 saturated heterocycles. The number of Topliss-reactive ketones (excluding diaryl/α,β-unsaturated/α-hetero) is 1. The van der Waals surface area contributed by atoms with Crippen LogP contribution in [0.5, 0.6) is 0 Å². The molecule has 0 unspecified atom stereocenters. The van der Waals surface area contributed by atoms with Gasteiger partial charge in [0.05, 0.1) is 6.54 Å². The topological polar surface area (TPSA) is 20.3 Å². The fourth-order valence-corrected chi connectivity index (χ4v) is 2.24. The molecule has 1 aromatic rings. The summed E-state index contributed by atoms with van der Waals surface area (Å²) in [4.78, 5) is 13.3. The third-order valence-corrected chi connectivity index (χ3v) is 3.66. The Bertz CT molecular complexity index is 457. The minimum Gasteiger partial charge on any atom is -0.294 e. The van der Waals surface area contributed by atoms with E-state index in [1.807, 2.05) is 0 Å². The van der Waals surface area contributed by atoms with Gasteiger partial charge in [0.1, 0.15) is 0 Å². The first-order chi connectivity index (χ1) is 9.69. The van der Waals surface area contributed by atoms with Crippen LogP contribution in [-0.2, 0) is 0 Å². The summed E-state index contributed by atoms with van der Waals surface area (Å²) in [6.07, 6.45) is -3.54. The van der Waals surface area contributed by atoms with Gasteiger partial charge in [0, 0.05) is 22.5 Å². The summed E-state index contributed by atoms with van der Waals surface area (Å²) in [6, 6.07) is 6.77. The second-order valence-corrected chi connectivity index (χ2v) is 6.13. The maximum Gasteiger partial charge on any atom is 0.401 e. The Morgan fingerprint density at radius 1 is 1.24 bits per heavy atom. The lowest BCUT2D eigenvalue weighted by molar-refractivity contribution is -0.149. The molecule has 0 aliphatic carbocycles. The van der Waals surface area contributed by atoms with Crippen LogP contribution in [0.1, 0.15) is 37.0 Å². The van der Waals surface area contributed by atoms with E-state index in [1.54, 1.807) is 38.1 Å². The normalized spacial score (nSPS) is 12.2. The fourth-order valence-electron chi connectivity index (χ4n) is 1.97. The Hall–Kier alpha value is -0.880. The molecule has 0 aromatic heterocycles. The summed E-state index contributed by atoms with van der Waals surface area (Å²) in [5.74, 6) is -0.0433. The molecule has 2 nitrogen and oxygen atoms in total. The van der Waals surface area contributed by atoms with Gasteiger partial charge >= 0.3 is 6.18 Å². The van der Waals surface area contributed by atoms with Crippen molar-refractivity contribution >= 4 is 21.7 Å². The van der Waals surface area contributed by atoms with Crippen molar-refractivity contribution in [2.45, 2.75) is 38.9 Å². The zero-order chi connectivity index (χ0) is 16.0. The molecule has 0 atom stereocenters. The van der Waals surface area contributed by atoms with E-state index in [4.69, 9.17) is 0 Å². The number of hydrogen-bond donors (Lipinski definition) is 0. The van der Waals surface area contributed by atoms with Crippen LogP contribution in [0, 0.1) is 0 Å². The number of hydrogen-bond acceptors (Lipinski definition) is 2. The highest BCUT2D eigenvalue weighted by molar-refractivity contribution is 9.10. The molecular weight excluding hydrogens is 347 g/mol. The van der Waals surface area contributed by atoms with Crippen LogP contribution in [0.3, 0.4) is 0 Å². The summed E-state index contributed by atoms with van der Waals surface area (Å²) >= 11 is 3.29. The number of carbonyl (C=O) groups is 1. The zero-order valence-electron chi connectivity index (χ0n) is 12.1. The van der Waals surface area contributed by atoms with Gasteiger partial charge in [-0.05, 0) is 38.9 Å². The molecule has 1 rings (SSSR count). The molecule has 0 saturated carbocycles. The smallest absolute Gasteiger partial charge is 0.294 e. The number of halogens is 4. The average molecular weight is 366 g/mol. The van der Waals surface area contributed by atoms with Crippen molar-refractivity contribution in [1.82, 2.24) is 4.90 Å². The summed E-state index contributed by atoms with van der Waals surface area (Å²) in [5.41, 5.74) is 0.588. The van der Waals surface area contributed by atoms with Crippen LogP contribution < -0.4 is 0 Å². The minimum atomic E-state index is -4.21.